The van der Waals surface area contributed by atoms with Gasteiger partial charge in [-0.1, -0.05) is 20.8 Å². The predicted octanol–water partition coefficient (Wildman–Crippen LogP) is 1.95. The van der Waals surface area contributed by atoms with E-state index in [1.807, 2.05) is 30.8 Å². The normalized spacial score (nSPS) is 13.7. The van der Waals surface area contributed by atoms with E-state index in [-0.39, 0.29) is 5.78 Å². The molecule has 4 nitrogen and oxygen atoms in total. The van der Waals surface area contributed by atoms with E-state index in [0.29, 0.717) is 19.0 Å². The molecule has 0 amide bonds. The Kier molecular flexibility index (Phi) is 4.46. The number of nitrogens with two attached hydrogens (primary N) is 1. The van der Waals surface area contributed by atoms with Gasteiger partial charge in [0.25, 0.3) is 0 Å². The Hall–Kier alpha value is -1.16. The molecule has 0 bridgehead atoms. The second-order valence-corrected chi connectivity index (χ2v) is 5.23. The van der Waals surface area contributed by atoms with Crippen LogP contribution in [-0.2, 0) is 11.2 Å². The van der Waals surface area contributed by atoms with Crippen molar-refractivity contribution in [2.45, 2.75) is 46.6 Å². The fourth-order valence-electron chi connectivity index (χ4n) is 1.42. The van der Waals surface area contributed by atoms with Crippen molar-refractivity contribution in [3.63, 3.8) is 0 Å². The van der Waals surface area contributed by atoms with Gasteiger partial charge in [-0.15, -0.1) is 0 Å². The minimum absolute atomic E-state index is 0.148. The van der Waals surface area contributed by atoms with Crippen LogP contribution in [-0.4, -0.2) is 22.1 Å². The summed E-state index contributed by atoms with van der Waals surface area (Å²) in [6.45, 7) is 8.36. The largest absolute Gasteiger partial charge is 0.329 e. The number of hydrogen-bond donors (Lipinski definition) is 1. The van der Waals surface area contributed by atoms with Gasteiger partial charge in [0, 0.05) is 24.2 Å². The lowest BCUT2D eigenvalue weighted by atomic mass is 9.86. The van der Waals surface area contributed by atoms with Crippen molar-refractivity contribution in [1.82, 2.24) is 9.78 Å². The average Bonchev–Trinajstić information content (AvgIpc) is 2.76. The van der Waals surface area contributed by atoms with Crippen LogP contribution in [0.1, 0.15) is 45.9 Å². The highest BCUT2D eigenvalue weighted by molar-refractivity contribution is 5.85. The van der Waals surface area contributed by atoms with Gasteiger partial charge in [-0.3, -0.25) is 9.48 Å². The molecule has 0 saturated heterocycles. The quantitative estimate of drug-likeness (QED) is 0.822. The van der Waals surface area contributed by atoms with Gasteiger partial charge in [0.2, 0.25) is 0 Å². The average molecular weight is 237 g/mol. The van der Waals surface area contributed by atoms with Crippen LogP contribution in [0.15, 0.2) is 12.3 Å². The molecule has 0 aliphatic rings. The number of aromatic nitrogens is 2. The summed E-state index contributed by atoms with van der Waals surface area (Å²) in [7, 11) is 0. The molecule has 4 heteroatoms. The molecule has 1 rings (SSSR count). The molecule has 1 heterocycles. The van der Waals surface area contributed by atoms with Crippen LogP contribution in [0.3, 0.4) is 0 Å². The highest BCUT2D eigenvalue weighted by atomic mass is 16.1. The molecule has 0 aromatic carbocycles. The summed E-state index contributed by atoms with van der Waals surface area (Å²) in [5, 5.41) is 4.42. The van der Waals surface area contributed by atoms with Crippen molar-refractivity contribution in [2.75, 3.05) is 6.54 Å². The van der Waals surface area contributed by atoms with Crippen molar-refractivity contribution in [2.24, 2.45) is 11.1 Å². The van der Waals surface area contributed by atoms with Crippen LogP contribution >= 0.6 is 0 Å². The lowest BCUT2D eigenvalue weighted by Gasteiger charge is -2.19. The van der Waals surface area contributed by atoms with Crippen LogP contribution in [0.5, 0.6) is 0 Å². The maximum Gasteiger partial charge on any atom is 0.145 e. The molecular formula is C13H23N3O. The molecule has 2 N–H and O–H groups in total. The van der Waals surface area contributed by atoms with E-state index in [4.69, 9.17) is 5.73 Å². The Morgan fingerprint density at radius 3 is 2.76 bits per heavy atom. The van der Waals surface area contributed by atoms with Gasteiger partial charge >= 0.3 is 0 Å². The molecule has 0 saturated carbocycles. The lowest BCUT2D eigenvalue weighted by Crippen LogP contribution is -2.33. The summed E-state index contributed by atoms with van der Waals surface area (Å²) in [6.07, 6.45) is 3.34. The van der Waals surface area contributed by atoms with E-state index in [1.54, 1.807) is 0 Å². The molecule has 0 spiro atoms. The number of ketones is 1. The van der Waals surface area contributed by atoms with E-state index in [2.05, 4.69) is 18.9 Å². The van der Waals surface area contributed by atoms with Crippen LogP contribution in [0.25, 0.3) is 0 Å². The summed E-state index contributed by atoms with van der Waals surface area (Å²) < 4.78 is 1.91. The van der Waals surface area contributed by atoms with Crippen LogP contribution in [0.2, 0.25) is 0 Å². The number of rotatable bonds is 6. The summed E-state index contributed by atoms with van der Waals surface area (Å²) >= 11 is 0. The monoisotopic (exact) mass is 237 g/mol. The number of hydrogen-bond acceptors (Lipinski definition) is 3. The Bertz CT molecular complexity index is 382. The van der Waals surface area contributed by atoms with E-state index in [9.17, 15) is 4.79 Å². The molecular weight excluding hydrogens is 214 g/mol. The first-order valence-electron chi connectivity index (χ1n) is 6.18. The minimum Gasteiger partial charge on any atom is -0.329 e. The van der Waals surface area contributed by atoms with Gasteiger partial charge in [0.15, 0.2) is 0 Å². The first kappa shape index (κ1) is 13.9. The fourth-order valence-corrected chi connectivity index (χ4v) is 1.42. The maximum absolute atomic E-state index is 12.0. The lowest BCUT2D eigenvalue weighted by molar-refractivity contribution is -0.126. The fraction of sp³-hybridized carbons (Fsp3) is 0.692. The molecule has 0 fully saturated rings. The smallest absolute Gasteiger partial charge is 0.145 e. The molecule has 0 aliphatic heterocycles. The third-order valence-electron chi connectivity index (χ3n) is 3.31. The summed E-state index contributed by atoms with van der Waals surface area (Å²) in [4.78, 5) is 12.0. The Balaban J connectivity index is 2.70. The van der Waals surface area contributed by atoms with Crippen LogP contribution in [0, 0.1) is 5.41 Å². The molecule has 0 radical (unpaired) electrons. The third kappa shape index (κ3) is 3.40. The highest BCUT2D eigenvalue weighted by Gasteiger charge is 2.26. The first-order chi connectivity index (χ1) is 7.90. The predicted molar refractivity (Wildman–Crippen MR) is 68.8 cm³/mol. The van der Waals surface area contributed by atoms with Crippen molar-refractivity contribution >= 4 is 5.78 Å². The van der Waals surface area contributed by atoms with Crippen molar-refractivity contribution in [3.8, 4) is 0 Å². The number of carbonyl (C=O) groups excluding carboxylic acids is 1. The first-order valence-corrected chi connectivity index (χ1v) is 6.18. The van der Waals surface area contributed by atoms with Gasteiger partial charge in [-0.25, -0.2) is 0 Å². The second-order valence-electron chi connectivity index (χ2n) is 5.23. The summed E-state index contributed by atoms with van der Waals surface area (Å²) in [5.74, 6) is 0.148. The summed E-state index contributed by atoms with van der Waals surface area (Å²) in [5.41, 5.74) is 5.96. The van der Waals surface area contributed by atoms with Crippen molar-refractivity contribution < 1.29 is 4.79 Å². The van der Waals surface area contributed by atoms with Gasteiger partial charge < -0.3 is 5.73 Å². The zero-order chi connectivity index (χ0) is 13.1. The van der Waals surface area contributed by atoms with Crippen LogP contribution in [0.4, 0.5) is 0 Å². The molecule has 0 aliphatic carbocycles. The van der Waals surface area contributed by atoms with E-state index in [0.717, 1.165) is 12.1 Å². The van der Waals surface area contributed by atoms with Gasteiger partial charge in [-0.2, -0.15) is 5.10 Å². The topological polar surface area (TPSA) is 60.9 Å². The zero-order valence-corrected chi connectivity index (χ0v) is 11.2. The molecule has 1 unspecified atom stereocenters. The van der Waals surface area contributed by atoms with E-state index < -0.39 is 5.41 Å². The standard InChI is InChI=1S/C13H23N3O/c1-5-10(2)16-7-6-11(15-16)8-12(17)13(3,4)9-14/h6-7,10H,5,8-9,14H2,1-4H3. The highest BCUT2D eigenvalue weighted by Crippen LogP contribution is 2.17. The Labute approximate surface area is 103 Å². The molecule has 17 heavy (non-hydrogen) atoms. The molecule has 1 aromatic heterocycles. The maximum atomic E-state index is 12.0. The second kappa shape index (κ2) is 5.45. The molecule has 96 valence electrons. The van der Waals surface area contributed by atoms with E-state index >= 15 is 0 Å². The van der Waals surface area contributed by atoms with Crippen molar-refractivity contribution in [3.05, 3.63) is 18.0 Å². The van der Waals surface area contributed by atoms with E-state index in [1.165, 1.54) is 0 Å². The van der Waals surface area contributed by atoms with Crippen LogP contribution < -0.4 is 5.73 Å². The number of nitrogens with zero attached hydrogens (tertiary/aromatic N) is 2. The minimum atomic E-state index is -0.458. The number of Topliss-reactive ketones (excluding diaryl/α,β-unsaturated/α-hetero) is 1. The van der Waals surface area contributed by atoms with Gasteiger partial charge in [-0.05, 0) is 19.4 Å². The van der Waals surface area contributed by atoms with Gasteiger partial charge in [0.1, 0.15) is 5.78 Å². The van der Waals surface area contributed by atoms with Gasteiger partial charge in [0.05, 0.1) is 12.1 Å². The summed E-state index contributed by atoms with van der Waals surface area (Å²) in [6, 6.07) is 2.29. The SMILES string of the molecule is CCC(C)n1ccc(CC(=O)C(C)(C)CN)n1. The molecule has 1 atom stereocenters. The Morgan fingerprint density at radius 2 is 2.24 bits per heavy atom. The Morgan fingerprint density at radius 1 is 1.59 bits per heavy atom. The third-order valence-corrected chi connectivity index (χ3v) is 3.31. The zero-order valence-electron chi connectivity index (χ0n) is 11.2. The molecule has 1 aromatic rings. The van der Waals surface area contributed by atoms with Crippen molar-refractivity contribution in [1.29, 1.82) is 0 Å². The number of carbonyl (C=O) groups is 1.